The molecule has 4 aromatic carbocycles. The molecular formula is C31H28Cl4O4P2. The average molecular weight is 668 g/mol. The van der Waals surface area contributed by atoms with Crippen LogP contribution in [0.25, 0.3) is 0 Å². The molecule has 0 unspecified atom stereocenters. The summed E-state index contributed by atoms with van der Waals surface area (Å²) in [6.07, 6.45) is -1.15. The van der Waals surface area contributed by atoms with Crippen molar-refractivity contribution in [3.05, 3.63) is 117 Å². The van der Waals surface area contributed by atoms with Crippen LogP contribution in [0.2, 0.25) is 20.1 Å². The second kappa shape index (κ2) is 12.2. The summed E-state index contributed by atoms with van der Waals surface area (Å²) in [6, 6.07) is 28.1. The van der Waals surface area contributed by atoms with E-state index in [0.717, 1.165) is 0 Å². The van der Waals surface area contributed by atoms with Crippen molar-refractivity contribution in [1.82, 2.24) is 0 Å². The molecule has 0 aliphatic carbocycles. The van der Waals surface area contributed by atoms with Gasteiger partial charge in [0.25, 0.3) is 0 Å². The molecule has 0 spiro atoms. The predicted molar refractivity (Wildman–Crippen MR) is 173 cm³/mol. The van der Waals surface area contributed by atoms with Gasteiger partial charge in [-0.3, -0.25) is 0 Å². The molecule has 4 nitrogen and oxygen atoms in total. The van der Waals surface area contributed by atoms with Crippen molar-refractivity contribution in [3.63, 3.8) is 0 Å². The van der Waals surface area contributed by atoms with Gasteiger partial charge in [-0.05, 0) is 62.4 Å². The summed E-state index contributed by atoms with van der Waals surface area (Å²) in [4.78, 5) is 0. The molecular weight excluding hydrogens is 640 g/mol. The summed E-state index contributed by atoms with van der Waals surface area (Å²) < 4.78 is 42.9. The molecule has 2 atom stereocenters. The first-order valence-electron chi connectivity index (χ1n) is 13.0. The summed E-state index contributed by atoms with van der Waals surface area (Å²) in [5.74, 6) is -1.00. The zero-order valence-corrected chi connectivity index (χ0v) is 27.2. The lowest BCUT2D eigenvalue weighted by molar-refractivity contribution is -0.142. The van der Waals surface area contributed by atoms with E-state index >= 15 is 9.13 Å². The molecule has 0 saturated carbocycles. The van der Waals surface area contributed by atoms with Gasteiger partial charge in [0.2, 0.25) is 0 Å². The van der Waals surface area contributed by atoms with Gasteiger partial charge in [0.05, 0.1) is 12.2 Å². The van der Waals surface area contributed by atoms with Crippen LogP contribution in [-0.4, -0.2) is 30.3 Å². The van der Waals surface area contributed by atoms with E-state index < -0.39 is 32.3 Å². The average Bonchev–Trinajstić information content (AvgIpc) is 3.20. The zero-order valence-electron chi connectivity index (χ0n) is 22.3. The molecule has 4 aromatic rings. The summed E-state index contributed by atoms with van der Waals surface area (Å²) in [5, 5.41) is 4.18. The Morgan fingerprint density at radius 1 is 0.561 bits per heavy atom. The molecule has 0 radical (unpaired) electrons. The highest BCUT2D eigenvalue weighted by atomic mass is 35.5. The van der Waals surface area contributed by atoms with Crippen molar-refractivity contribution in [2.45, 2.75) is 31.8 Å². The van der Waals surface area contributed by atoms with Crippen molar-refractivity contribution >= 4 is 81.9 Å². The standard InChI is InChI=1S/C31H28Cl4O4P2/c1-31(2)38-29(19-40(36,25-11-3-7-21(32)15-25)26-12-4-8-22(33)16-26)30(39-31)20-41(37,27-13-5-9-23(34)17-27)28-14-6-10-24(35)18-28/h3-18,29-30H,19-20H2,1-2H3/t29-,30-/m0/s1. The maximum Gasteiger partial charge on any atom is 0.163 e. The first-order chi connectivity index (χ1) is 19.4. The zero-order chi connectivity index (χ0) is 29.4. The lowest BCUT2D eigenvalue weighted by Crippen LogP contribution is -2.36. The second-order valence-electron chi connectivity index (χ2n) is 10.5. The first-order valence-corrected chi connectivity index (χ1v) is 18.3. The highest BCUT2D eigenvalue weighted by Gasteiger charge is 2.48. The SMILES string of the molecule is CC1(C)O[C@@H](CP(=O)(c2cccc(Cl)c2)c2cccc(Cl)c2)[C@H](CP(=O)(c2cccc(Cl)c2)c2cccc(Cl)c2)O1. The molecule has 1 saturated heterocycles. The van der Waals surface area contributed by atoms with Crippen LogP contribution >= 0.6 is 60.7 Å². The van der Waals surface area contributed by atoms with Gasteiger partial charge in [-0.2, -0.15) is 0 Å². The van der Waals surface area contributed by atoms with Gasteiger partial charge >= 0.3 is 0 Å². The lowest BCUT2D eigenvalue weighted by Gasteiger charge is -2.28. The molecule has 1 heterocycles. The number of benzene rings is 4. The van der Waals surface area contributed by atoms with Crippen LogP contribution in [0.4, 0.5) is 0 Å². The highest BCUT2D eigenvalue weighted by molar-refractivity contribution is 7.79. The minimum atomic E-state index is -3.35. The molecule has 5 rings (SSSR count). The van der Waals surface area contributed by atoms with Crippen LogP contribution in [0, 0.1) is 0 Å². The molecule has 0 bridgehead atoms. The van der Waals surface area contributed by atoms with Crippen LogP contribution in [0.5, 0.6) is 0 Å². The molecule has 0 N–H and O–H groups in total. The van der Waals surface area contributed by atoms with Gasteiger partial charge in [0.1, 0.15) is 14.3 Å². The van der Waals surface area contributed by atoms with Gasteiger partial charge in [0.15, 0.2) is 5.79 Å². The molecule has 41 heavy (non-hydrogen) atoms. The smallest absolute Gasteiger partial charge is 0.163 e. The summed E-state index contributed by atoms with van der Waals surface area (Å²) in [6.45, 7) is 3.60. The van der Waals surface area contributed by atoms with Gasteiger partial charge in [0, 0.05) is 53.6 Å². The number of rotatable bonds is 8. The fourth-order valence-electron chi connectivity index (χ4n) is 5.25. The number of hydrogen-bond acceptors (Lipinski definition) is 4. The molecule has 1 aliphatic rings. The highest BCUT2D eigenvalue weighted by Crippen LogP contribution is 2.52. The molecule has 1 aliphatic heterocycles. The van der Waals surface area contributed by atoms with E-state index in [4.69, 9.17) is 55.9 Å². The number of ether oxygens (including phenoxy) is 2. The van der Waals surface area contributed by atoms with E-state index in [1.165, 1.54) is 0 Å². The molecule has 1 fully saturated rings. The monoisotopic (exact) mass is 666 g/mol. The van der Waals surface area contributed by atoms with E-state index in [2.05, 4.69) is 0 Å². The third kappa shape index (κ3) is 6.82. The maximum atomic E-state index is 15.1. The molecule has 214 valence electrons. The Morgan fingerprint density at radius 2 is 0.829 bits per heavy atom. The van der Waals surface area contributed by atoms with E-state index in [1.54, 1.807) is 111 Å². The fraction of sp³-hybridized carbons (Fsp3) is 0.226. The lowest BCUT2D eigenvalue weighted by atomic mass is 10.3. The van der Waals surface area contributed by atoms with Crippen LogP contribution < -0.4 is 21.2 Å². The van der Waals surface area contributed by atoms with Gasteiger partial charge < -0.3 is 18.6 Å². The van der Waals surface area contributed by atoms with E-state index in [-0.39, 0.29) is 12.3 Å². The third-order valence-corrected chi connectivity index (χ3v) is 14.2. The van der Waals surface area contributed by atoms with Crippen LogP contribution in [0.3, 0.4) is 0 Å². The van der Waals surface area contributed by atoms with Gasteiger partial charge in [-0.1, -0.05) is 94.9 Å². The normalized spacial score (nSPS) is 18.9. The van der Waals surface area contributed by atoms with Crippen molar-refractivity contribution in [1.29, 1.82) is 0 Å². The quantitative estimate of drug-likeness (QED) is 0.178. The van der Waals surface area contributed by atoms with E-state index in [1.807, 2.05) is 0 Å². The Hall–Kier alpha value is -1.58. The fourth-order valence-corrected chi connectivity index (χ4v) is 12.1. The van der Waals surface area contributed by atoms with Crippen LogP contribution in [0.15, 0.2) is 97.1 Å². The largest absolute Gasteiger partial charge is 0.344 e. The third-order valence-electron chi connectivity index (χ3n) is 7.06. The van der Waals surface area contributed by atoms with Crippen molar-refractivity contribution in [3.8, 4) is 0 Å². The van der Waals surface area contributed by atoms with Crippen LogP contribution in [-0.2, 0) is 18.6 Å². The summed E-state index contributed by atoms with van der Waals surface area (Å²) >= 11 is 25.4. The maximum absolute atomic E-state index is 15.1. The topological polar surface area (TPSA) is 52.6 Å². The van der Waals surface area contributed by atoms with Crippen molar-refractivity contribution in [2.75, 3.05) is 12.3 Å². The van der Waals surface area contributed by atoms with E-state index in [0.29, 0.717) is 41.3 Å². The Bertz CT molecular complexity index is 1460. The second-order valence-corrected chi connectivity index (χ2v) is 18.0. The van der Waals surface area contributed by atoms with E-state index in [9.17, 15) is 0 Å². The Labute approximate surface area is 260 Å². The Kier molecular flexibility index (Phi) is 9.18. The first kappa shape index (κ1) is 30.9. The summed E-state index contributed by atoms with van der Waals surface area (Å²) in [7, 11) is -6.70. The van der Waals surface area contributed by atoms with Gasteiger partial charge in [-0.25, -0.2) is 0 Å². The molecule has 0 amide bonds. The number of halogens is 4. The minimum Gasteiger partial charge on any atom is -0.344 e. The molecule has 10 heteroatoms. The van der Waals surface area contributed by atoms with Crippen molar-refractivity contribution in [2.24, 2.45) is 0 Å². The minimum absolute atomic E-state index is 0.0902. The van der Waals surface area contributed by atoms with Crippen molar-refractivity contribution < 1.29 is 18.6 Å². The molecule has 0 aromatic heterocycles. The van der Waals surface area contributed by atoms with Gasteiger partial charge in [-0.15, -0.1) is 0 Å². The number of hydrogen-bond donors (Lipinski definition) is 0. The predicted octanol–water partition coefficient (Wildman–Crippen LogP) is 8.15. The van der Waals surface area contributed by atoms with Crippen LogP contribution in [0.1, 0.15) is 13.8 Å². The Morgan fingerprint density at radius 3 is 1.07 bits per heavy atom. The summed E-state index contributed by atoms with van der Waals surface area (Å²) in [5.41, 5.74) is 0. The Balaban J connectivity index is 1.59.